The van der Waals surface area contributed by atoms with E-state index in [9.17, 15) is 0 Å². The van der Waals surface area contributed by atoms with Crippen molar-refractivity contribution in [3.8, 4) is 0 Å². The van der Waals surface area contributed by atoms with Crippen molar-refractivity contribution >= 4 is 15.9 Å². The zero-order valence-electron chi connectivity index (χ0n) is 12.3. The highest BCUT2D eigenvalue weighted by atomic mass is 79.9. The Hall–Kier alpha value is -0.450. The van der Waals surface area contributed by atoms with Crippen LogP contribution in [-0.2, 0) is 0 Å². The van der Waals surface area contributed by atoms with Gasteiger partial charge in [-0.1, -0.05) is 19.8 Å². The van der Waals surface area contributed by atoms with Gasteiger partial charge in [0.1, 0.15) is 0 Å². The van der Waals surface area contributed by atoms with Crippen LogP contribution in [0.4, 0.5) is 0 Å². The minimum atomic E-state index is 0.252. The van der Waals surface area contributed by atoms with Crippen LogP contribution in [0.25, 0.3) is 0 Å². The molecule has 0 bridgehead atoms. The largest absolute Gasteiger partial charge is 0.329 e. The standard InChI is InChI=1S/C15H26BrN3/c1-4-5-6-7-19(12(2)3)15(9-17)13-8-14(16)11-18-10-13/h8,10-12,15H,4-7,9,17H2,1-3H3. The van der Waals surface area contributed by atoms with Crippen LogP contribution < -0.4 is 5.73 Å². The highest BCUT2D eigenvalue weighted by Gasteiger charge is 2.21. The first-order chi connectivity index (χ1) is 9.10. The fraction of sp³-hybridized carbons (Fsp3) is 0.667. The van der Waals surface area contributed by atoms with Crippen molar-refractivity contribution < 1.29 is 0 Å². The van der Waals surface area contributed by atoms with Crippen molar-refractivity contribution in [1.29, 1.82) is 0 Å². The van der Waals surface area contributed by atoms with Gasteiger partial charge in [0.25, 0.3) is 0 Å². The molecule has 1 atom stereocenters. The number of rotatable bonds is 8. The quantitative estimate of drug-likeness (QED) is 0.739. The second-order valence-electron chi connectivity index (χ2n) is 5.23. The molecule has 0 spiro atoms. The summed E-state index contributed by atoms with van der Waals surface area (Å²) in [4.78, 5) is 6.75. The molecular formula is C15H26BrN3. The van der Waals surface area contributed by atoms with Gasteiger partial charge in [0.15, 0.2) is 0 Å². The normalized spacial score (nSPS) is 13.2. The summed E-state index contributed by atoms with van der Waals surface area (Å²) in [5.74, 6) is 0. The highest BCUT2D eigenvalue weighted by molar-refractivity contribution is 9.10. The maximum atomic E-state index is 6.01. The fourth-order valence-corrected chi connectivity index (χ4v) is 2.77. The molecule has 0 amide bonds. The molecule has 0 radical (unpaired) electrons. The van der Waals surface area contributed by atoms with Crippen LogP contribution in [0.3, 0.4) is 0 Å². The number of nitrogens with two attached hydrogens (primary N) is 1. The van der Waals surface area contributed by atoms with Crippen molar-refractivity contribution in [1.82, 2.24) is 9.88 Å². The second-order valence-corrected chi connectivity index (χ2v) is 6.14. The third-order valence-corrected chi connectivity index (χ3v) is 3.85. The summed E-state index contributed by atoms with van der Waals surface area (Å²) >= 11 is 3.49. The summed E-state index contributed by atoms with van der Waals surface area (Å²) in [6.07, 6.45) is 7.49. The lowest BCUT2D eigenvalue weighted by molar-refractivity contribution is 0.153. The Kier molecular flexibility index (Phi) is 7.57. The van der Waals surface area contributed by atoms with Gasteiger partial charge in [-0.2, -0.15) is 0 Å². The minimum Gasteiger partial charge on any atom is -0.329 e. The van der Waals surface area contributed by atoms with Gasteiger partial charge in [0.2, 0.25) is 0 Å². The molecule has 0 saturated carbocycles. The van der Waals surface area contributed by atoms with E-state index in [1.807, 2.05) is 12.4 Å². The summed E-state index contributed by atoms with van der Waals surface area (Å²) in [5.41, 5.74) is 7.21. The zero-order valence-corrected chi connectivity index (χ0v) is 13.9. The molecule has 1 aromatic rings. The van der Waals surface area contributed by atoms with Crippen LogP contribution in [0.5, 0.6) is 0 Å². The lowest BCUT2D eigenvalue weighted by atomic mass is 10.0. The van der Waals surface area contributed by atoms with Crippen molar-refractivity contribution in [2.45, 2.75) is 52.1 Å². The summed E-state index contributed by atoms with van der Waals surface area (Å²) in [7, 11) is 0. The number of pyridine rings is 1. The first-order valence-corrected chi connectivity index (χ1v) is 7.95. The summed E-state index contributed by atoms with van der Waals surface area (Å²) in [6.45, 7) is 8.43. The van der Waals surface area contributed by atoms with Crippen molar-refractivity contribution in [2.75, 3.05) is 13.1 Å². The third kappa shape index (κ3) is 5.21. The van der Waals surface area contributed by atoms with E-state index in [-0.39, 0.29) is 6.04 Å². The average molecular weight is 328 g/mol. The van der Waals surface area contributed by atoms with Gasteiger partial charge in [-0.3, -0.25) is 9.88 Å². The van der Waals surface area contributed by atoms with Crippen molar-refractivity contribution in [3.05, 3.63) is 28.5 Å². The SMILES string of the molecule is CCCCCN(C(C)C)C(CN)c1cncc(Br)c1. The average Bonchev–Trinajstić information content (AvgIpc) is 2.38. The van der Waals surface area contributed by atoms with E-state index in [0.29, 0.717) is 12.6 Å². The van der Waals surface area contributed by atoms with E-state index in [0.717, 1.165) is 11.0 Å². The highest BCUT2D eigenvalue weighted by Crippen LogP contribution is 2.24. The van der Waals surface area contributed by atoms with Crippen LogP contribution in [0.1, 0.15) is 51.6 Å². The molecule has 0 aliphatic heterocycles. The first-order valence-electron chi connectivity index (χ1n) is 7.16. The van der Waals surface area contributed by atoms with E-state index in [4.69, 9.17) is 5.73 Å². The van der Waals surface area contributed by atoms with Crippen molar-refractivity contribution in [2.24, 2.45) is 5.73 Å². The molecule has 3 nitrogen and oxygen atoms in total. The summed E-state index contributed by atoms with van der Waals surface area (Å²) in [6, 6.07) is 2.87. The first kappa shape index (κ1) is 16.6. The number of halogens is 1. The summed E-state index contributed by atoms with van der Waals surface area (Å²) in [5, 5.41) is 0. The Morgan fingerprint density at radius 3 is 2.58 bits per heavy atom. The zero-order chi connectivity index (χ0) is 14.3. The van der Waals surface area contributed by atoms with E-state index in [1.54, 1.807) is 0 Å². The van der Waals surface area contributed by atoms with Crippen LogP contribution in [0.15, 0.2) is 22.9 Å². The van der Waals surface area contributed by atoms with Crippen LogP contribution >= 0.6 is 15.9 Å². The van der Waals surface area contributed by atoms with Crippen molar-refractivity contribution in [3.63, 3.8) is 0 Å². The Bertz CT molecular complexity index is 368. The molecule has 19 heavy (non-hydrogen) atoms. The molecular weight excluding hydrogens is 302 g/mol. The number of aromatic nitrogens is 1. The monoisotopic (exact) mass is 327 g/mol. The van der Waals surface area contributed by atoms with E-state index in [1.165, 1.54) is 24.8 Å². The molecule has 108 valence electrons. The molecule has 4 heteroatoms. The van der Waals surface area contributed by atoms with Gasteiger partial charge in [0, 0.05) is 35.5 Å². The third-order valence-electron chi connectivity index (χ3n) is 3.42. The van der Waals surface area contributed by atoms with Crippen LogP contribution in [-0.4, -0.2) is 29.0 Å². The van der Waals surface area contributed by atoms with Gasteiger partial charge in [-0.25, -0.2) is 0 Å². The van der Waals surface area contributed by atoms with Gasteiger partial charge in [-0.05, 0) is 54.4 Å². The fourth-order valence-electron chi connectivity index (χ4n) is 2.39. The van der Waals surface area contributed by atoms with E-state index in [2.05, 4.69) is 52.7 Å². The van der Waals surface area contributed by atoms with Crippen LogP contribution in [0.2, 0.25) is 0 Å². The van der Waals surface area contributed by atoms with Gasteiger partial charge < -0.3 is 5.73 Å². The molecule has 0 aliphatic rings. The molecule has 2 N–H and O–H groups in total. The smallest absolute Gasteiger partial charge is 0.0488 e. The predicted octanol–water partition coefficient (Wildman–Crippen LogP) is 3.74. The van der Waals surface area contributed by atoms with Gasteiger partial charge >= 0.3 is 0 Å². The lowest BCUT2D eigenvalue weighted by Crippen LogP contribution is -2.39. The van der Waals surface area contributed by atoms with E-state index >= 15 is 0 Å². The van der Waals surface area contributed by atoms with Gasteiger partial charge in [-0.15, -0.1) is 0 Å². The Morgan fingerprint density at radius 1 is 1.32 bits per heavy atom. The Labute approximate surface area is 125 Å². The molecule has 1 heterocycles. The number of hydrogen-bond acceptors (Lipinski definition) is 3. The molecule has 0 aliphatic carbocycles. The maximum absolute atomic E-state index is 6.01. The molecule has 1 unspecified atom stereocenters. The Morgan fingerprint density at radius 2 is 2.05 bits per heavy atom. The molecule has 0 aromatic carbocycles. The molecule has 0 saturated heterocycles. The van der Waals surface area contributed by atoms with Crippen LogP contribution in [0, 0.1) is 0 Å². The predicted molar refractivity (Wildman–Crippen MR) is 85.1 cm³/mol. The van der Waals surface area contributed by atoms with Gasteiger partial charge in [0.05, 0.1) is 0 Å². The molecule has 0 fully saturated rings. The lowest BCUT2D eigenvalue weighted by Gasteiger charge is -2.34. The topological polar surface area (TPSA) is 42.1 Å². The second kappa shape index (κ2) is 8.67. The maximum Gasteiger partial charge on any atom is 0.0488 e. The number of nitrogens with zero attached hydrogens (tertiary/aromatic N) is 2. The molecule has 1 aromatic heterocycles. The van der Waals surface area contributed by atoms with E-state index < -0.39 is 0 Å². The minimum absolute atomic E-state index is 0.252. The molecule has 1 rings (SSSR count). The summed E-state index contributed by atoms with van der Waals surface area (Å²) < 4.78 is 1.01. The number of hydrogen-bond donors (Lipinski definition) is 1. The number of unbranched alkanes of at least 4 members (excludes halogenated alkanes) is 2. The Balaban J connectivity index is 2.83.